The Balaban J connectivity index is 2.75. The summed E-state index contributed by atoms with van der Waals surface area (Å²) in [5.74, 6) is 0. The number of aliphatic hydroxyl groups is 1. The van der Waals surface area contributed by atoms with Gasteiger partial charge in [0.25, 0.3) is 0 Å². The van der Waals surface area contributed by atoms with Gasteiger partial charge in [0.15, 0.2) is 0 Å². The first-order chi connectivity index (χ1) is 2.81. The fourth-order valence-electron chi connectivity index (χ4n) is 0.144. The summed E-state index contributed by atoms with van der Waals surface area (Å²) in [5, 5.41) is 8.69. The fourth-order valence-corrected chi connectivity index (χ4v) is 0.968. The van der Waals surface area contributed by atoms with Crippen molar-refractivity contribution in [2.24, 2.45) is 0 Å². The third kappa shape index (κ3) is 2.97. The molecule has 0 rings (SSSR count). The minimum absolute atomic E-state index is 0.0248. The van der Waals surface area contributed by atoms with Gasteiger partial charge in [0.1, 0.15) is 0 Å². The van der Waals surface area contributed by atoms with Gasteiger partial charge in [-0.05, 0) is 0 Å². The maximum absolute atomic E-state index is 8.69. The first-order valence-electron chi connectivity index (χ1n) is 2.14. The van der Waals surface area contributed by atoms with Crippen LogP contribution in [0.5, 0.6) is 0 Å². The standard InChI is InChI=1S/C4H9O.Sn/c1-3-4(2)5;/h4-5H,2-3H2,1H3;. The monoisotopic (exact) mass is 193 g/mol. The Labute approximate surface area is 51.8 Å². The van der Waals surface area contributed by atoms with Crippen LogP contribution in [0.3, 0.4) is 0 Å². The molecule has 0 bridgehead atoms. The molecular weight excluding hydrogens is 183 g/mol. The van der Waals surface area contributed by atoms with Crippen LogP contribution >= 0.6 is 0 Å². The van der Waals surface area contributed by atoms with Crippen LogP contribution in [-0.4, -0.2) is 33.7 Å². The fraction of sp³-hybridized carbons (Fsp3) is 1.00. The van der Waals surface area contributed by atoms with Crippen LogP contribution in [0.25, 0.3) is 0 Å². The van der Waals surface area contributed by atoms with Gasteiger partial charge in [-0.1, -0.05) is 0 Å². The molecule has 0 aliphatic rings. The van der Waals surface area contributed by atoms with Crippen molar-refractivity contribution in [3.05, 3.63) is 0 Å². The molecule has 0 aromatic heterocycles. The van der Waals surface area contributed by atoms with Crippen LogP contribution in [0, 0.1) is 0 Å². The molecular formula is C4H9OSn. The molecule has 0 aliphatic heterocycles. The molecule has 1 atom stereocenters. The van der Waals surface area contributed by atoms with Gasteiger partial charge in [-0.3, -0.25) is 0 Å². The normalized spacial score (nSPS) is 14.5. The van der Waals surface area contributed by atoms with E-state index in [0.29, 0.717) is 0 Å². The van der Waals surface area contributed by atoms with E-state index in [1.54, 1.807) is 0 Å². The second kappa shape index (κ2) is 3.93. The summed E-state index contributed by atoms with van der Waals surface area (Å²) in [6.07, 6.45) is 0.883. The van der Waals surface area contributed by atoms with Crippen molar-refractivity contribution >= 4 is 22.5 Å². The van der Waals surface area contributed by atoms with Crippen LogP contribution in [0.4, 0.5) is 0 Å². The Morgan fingerprint density at radius 3 is 2.33 bits per heavy atom. The topological polar surface area (TPSA) is 20.2 Å². The molecule has 0 aromatic carbocycles. The van der Waals surface area contributed by atoms with E-state index in [9.17, 15) is 0 Å². The zero-order valence-electron chi connectivity index (χ0n) is 3.94. The second-order valence-electron chi connectivity index (χ2n) is 1.27. The molecule has 0 aromatic rings. The SMILES string of the molecule is CCC(O)[CH2][Sn]. The summed E-state index contributed by atoms with van der Waals surface area (Å²) in [7, 11) is 0. The summed E-state index contributed by atoms with van der Waals surface area (Å²) in [4.78, 5) is 0. The molecule has 6 heavy (non-hydrogen) atoms. The molecule has 0 fully saturated rings. The van der Waals surface area contributed by atoms with Crippen molar-refractivity contribution in [2.75, 3.05) is 0 Å². The van der Waals surface area contributed by atoms with Gasteiger partial charge in [0.05, 0.1) is 0 Å². The van der Waals surface area contributed by atoms with E-state index in [4.69, 9.17) is 5.11 Å². The van der Waals surface area contributed by atoms with Gasteiger partial charge in [0.2, 0.25) is 0 Å². The molecule has 2 heteroatoms. The molecule has 35 valence electrons. The Morgan fingerprint density at radius 1 is 1.83 bits per heavy atom. The van der Waals surface area contributed by atoms with E-state index in [2.05, 4.69) is 0 Å². The Bertz CT molecular complexity index is 26.7. The molecule has 0 amide bonds. The first kappa shape index (κ1) is 6.76. The van der Waals surface area contributed by atoms with Crippen LogP contribution < -0.4 is 0 Å². The molecule has 0 saturated carbocycles. The molecule has 0 heterocycles. The van der Waals surface area contributed by atoms with Crippen LogP contribution in [0.15, 0.2) is 0 Å². The summed E-state index contributed by atoms with van der Waals surface area (Å²) in [5.41, 5.74) is 0. The number of hydrogen-bond donors (Lipinski definition) is 1. The molecule has 0 saturated heterocycles. The van der Waals surface area contributed by atoms with Crippen LogP contribution in [0.2, 0.25) is 4.44 Å². The van der Waals surface area contributed by atoms with E-state index in [0.717, 1.165) is 10.9 Å². The van der Waals surface area contributed by atoms with E-state index in [1.807, 2.05) is 6.92 Å². The van der Waals surface area contributed by atoms with E-state index in [1.165, 1.54) is 22.5 Å². The average molecular weight is 192 g/mol. The molecule has 0 aliphatic carbocycles. The predicted molar refractivity (Wildman–Crippen MR) is 26.9 cm³/mol. The van der Waals surface area contributed by atoms with Gasteiger partial charge >= 0.3 is 51.5 Å². The summed E-state index contributed by atoms with van der Waals surface area (Å²) in [6, 6.07) is 0. The molecule has 1 nitrogen and oxygen atoms in total. The summed E-state index contributed by atoms with van der Waals surface area (Å²) < 4.78 is 0.975. The molecule has 3 radical (unpaired) electrons. The Kier molecular flexibility index (Phi) is 4.43. The van der Waals surface area contributed by atoms with Gasteiger partial charge in [0, 0.05) is 0 Å². The number of hydrogen-bond acceptors (Lipinski definition) is 1. The minimum atomic E-state index is -0.0248. The zero-order chi connectivity index (χ0) is 4.99. The quantitative estimate of drug-likeness (QED) is 0.625. The van der Waals surface area contributed by atoms with Gasteiger partial charge in [-0.15, -0.1) is 0 Å². The third-order valence-electron chi connectivity index (χ3n) is 0.707. The van der Waals surface area contributed by atoms with Crippen LogP contribution in [0.1, 0.15) is 13.3 Å². The van der Waals surface area contributed by atoms with E-state index >= 15 is 0 Å². The van der Waals surface area contributed by atoms with E-state index < -0.39 is 0 Å². The third-order valence-corrected chi connectivity index (χ3v) is 2.05. The van der Waals surface area contributed by atoms with Crippen molar-refractivity contribution in [3.63, 3.8) is 0 Å². The summed E-state index contributed by atoms with van der Waals surface area (Å²) in [6.45, 7) is 1.99. The second-order valence-corrected chi connectivity index (χ2v) is 2.43. The van der Waals surface area contributed by atoms with Crippen molar-refractivity contribution in [2.45, 2.75) is 23.9 Å². The number of aliphatic hydroxyl groups excluding tert-OH is 1. The van der Waals surface area contributed by atoms with Crippen LogP contribution in [-0.2, 0) is 0 Å². The maximum atomic E-state index is 8.69. The summed E-state index contributed by atoms with van der Waals surface area (Å²) >= 11 is 1.43. The molecule has 1 N–H and O–H groups in total. The van der Waals surface area contributed by atoms with Gasteiger partial charge in [-0.25, -0.2) is 0 Å². The molecule has 1 unspecified atom stereocenters. The Morgan fingerprint density at radius 2 is 2.33 bits per heavy atom. The van der Waals surface area contributed by atoms with Gasteiger partial charge < -0.3 is 0 Å². The molecule has 0 spiro atoms. The van der Waals surface area contributed by atoms with Crippen molar-refractivity contribution in [1.82, 2.24) is 0 Å². The van der Waals surface area contributed by atoms with E-state index in [-0.39, 0.29) is 6.10 Å². The first-order valence-corrected chi connectivity index (χ1v) is 4.15. The van der Waals surface area contributed by atoms with Gasteiger partial charge in [-0.2, -0.15) is 0 Å². The number of rotatable bonds is 2. The van der Waals surface area contributed by atoms with Crippen molar-refractivity contribution in [1.29, 1.82) is 0 Å². The predicted octanol–water partition coefficient (Wildman–Crippen LogP) is 0.344. The average Bonchev–Trinajstić information content (AvgIpc) is 1.65. The Hall–Kier alpha value is 0.759. The van der Waals surface area contributed by atoms with Crippen molar-refractivity contribution < 1.29 is 5.11 Å². The van der Waals surface area contributed by atoms with Crippen molar-refractivity contribution in [3.8, 4) is 0 Å². The zero-order valence-corrected chi connectivity index (χ0v) is 6.79.